The summed E-state index contributed by atoms with van der Waals surface area (Å²) in [6.45, 7) is 31.9. The lowest BCUT2D eigenvalue weighted by molar-refractivity contribution is 0.218. The van der Waals surface area contributed by atoms with E-state index >= 15 is 0 Å². The molecule has 42 heavy (non-hydrogen) atoms. The molecule has 1 fully saturated rings. The normalized spacial score (nSPS) is 19.4. The van der Waals surface area contributed by atoms with Gasteiger partial charge in [-0.15, -0.1) is 0 Å². The van der Waals surface area contributed by atoms with E-state index in [2.05, 4.69) is 109 Å². The lowest BCUT2D eigenvalue weighted by atomic mass is 9.98. The molecule has 0 saturated carbocycles. The lowest BCUT2D eigenvalue weighted by Crippen LogP contribution is -2.34. The third-order valence-corrected chi connectivity index (χ3v) is 16.7. The van der Waals surface area contributed by atoms with E-state index < -0.39 is 25.0 Å². The maximum absolute atomic E-state index is 5.47. The number of hydrogen-bond acceptors (Lipinski definition) is 7. The molecule has 1 aliphatic heterocycles. The van der Waals surface area contributed by atoms with Crippen molar-refractivity contribution >= 4 is 25.0 Å². The van der Waals surface area contributed by atoms with Crippen LogP contribution in [0.15, 0.2) is 0 Å². The van der Waals surface area contributed by atoms with E-state index in [1.807, 2.05) is 42.5 Å². The fourth-order valence-electron chi connectivity index (χ4n) is 5.82. The molecule has 4 atom stereocenters. The molecule has 0 aromatic heterocycles. The van der Waals surface area contributed by atoms with Crippen molar-refractivity contribution in [3.63, 3.8) is 0 Å². The topological polar surface area (TPSA) is 67.0 Å². The Morgan fingerprint density at radius 1 is 0.667 bits per heavy atom. The van der Waals surface area contributed by atoms with Gasteiger partial charge in [-0.3, -0.25) is 0 Å². The van der Waals surface area contributed by atoms with Gasteiger partial charge in [-0.25, -0.2) is 0 Å². The largest absolute Gasteiger partial charge is 0.420 e. The van der Waals surface area contributed by atoms with Crippen molar-refractivity contribution in [3.8, 4) is 0 Å². The number of nitrogens with zero attached hydrogens (tertiary/aromatic N) is 1. The summed E-state index contributed by atoms with van der Waals surface area (Å²) >= 11 is 0. The zero-order valence-corrected chi connectivity index (χ0v) is 35.1. The molecule has 0 radical (unpaired) electrons. The van der Waals surface area contributed by atoms with Gasteiger partial charge in [0.05, 0.1) is 0 Å². The van der Waals surface area contributed by atoms with Gasteiger partial charge in [-0.2, -0.15) is 0 Å². The molecule has 1 aliphatic rings. The van der Waals surface area contributed by atoms with Crippen LogP contribution in [0.4, 0.5) is 0 Å². The second-order valence-corrected chi connectivity index (χ2v) is 28.5. The van der Waals surface area contributed by atoms with Gasteiger partial charge in [0.15, 0.2) is 25.0 Å². The van der Waals surface area contributed by atoms with Crippen LogP contribution in [0, 0.1) is 23.7 Å². The number of likely N-dealkylation sites (tertiary alicyclic amines) is 1. The molecule has 3 N–H and O–H groups in total. The second-order valence-electron chi connectivity index (χ2n) is 15.5. The van der Waals surface area contributed by atoms with Crippen LogP contribution in [0.5, 0.6) is 0 Å². The van der Waals surface area contributed by atoms with E-state index in [0.29, 0.717) is 5.54 Å². The van der Waals surface area contributed by atoms with Gasteiger partial charge in [0.1, 0.15) is 0 Å². The average molecular weight is 653 g/mol. The van der Waals surface area contributed by atoms with Crippen molar-refractivity contribution in [3.05, 3.63) is 0 Å². The van der Waals surface area contributed by atoms with Crippen molar-refractivity contribution in [2.75, 3.05) is 75.7 Å². The summed E-state index contributed by atoms with van der Waals surface area (Å²) in [5, 5.41) is 9.54. The van der Waals surface area contributed by atoms with Gasteiger partial charge < -0.3 is 34.1 Å². The minimum Gasteiger partial charge on any atom is -0.420 e. The van der Waals surface area contributed by atoms with Crippen LogP contribution in [0.1, 0.15) is 48.0 Å². The summed E-state index contributed by atoms with van der Waals surface area (Å²) < 4.78 is 16.4. The van der Waals surface area contributed by atoms with E-state index in [9.17, 15) is 0 Å². The fourth-order valence-corrected chi connectivity index (χ4v) is 11.8. The van der Waals surface area contributed by atoms with Gasteiger partial charge in [0.25, 0.3) is 0 Å². The van der Waals surface area contributed by atoms with Crippen LogP contribution in [0.3, 0.4) is 0 Å². The SMILES string of the molecule is CC1CN(C)C(C)(C)C1.CNCC(C)C[Si](C)(C)OC.CNCC(C)C[Si](C)(C)OC.CNCC(C)C[Si](C)(C)OC. The Bertz CT molecular complexity index is 578. The highest BCUT2D eigenvalue weighted by atomic mass is 28.4. The molecule has 1 rings (SSSR count). The highest BCUT2D eigenvalue weighted by Crippen LogP contribution is 2.30. The maximum atomic E-state index is 5.47. The Hall–Kier alpha value is 0.371. The molecule has 10 heteroatoms. The van der Waals surface area contributed by atoms with Crippen LogP contribution >= 0.6 is 0 Å². The minimum atomic E-state index is -1.32. The molecule has 0 amide bonds. The van der Waals surface area contributed by atoms with E-state index in [1.54, 1.807) is 0 Å². The predicted molar refractivity (Wildman–Crippen MR) is 198 cm³/mol. The zero-order valence-electron chi connectivity index (χ0n) is 32.1. The molecule has 0 aromatic rings. The molecule has 1 heterocycles. The monoisotopic (exact) mass is 653 g/mol. The third kappa shape index (κ3) is 26.7. The summed E-state index contributed by atoms with van der Waals surface area (Å²) in [7, 11) is 9.75. The first-order chi connectivity index (χ1) is 19.1. The molecule has 4 unspecified atom stereocenters. The van der Waals surface area contributed by atoms with Crippen molar-refractivity contribution in [2.24, 2.45) is 23.7 Å². The smallest absolute Gasteiger partial charge is 0.186 e. The van der Waals surface area contributed by atoms with Gasteiger partial charge >= 0.3 is 0 Å². The van der Waals surface area contributed by atoms with Crippen molar-refractivity contribution in [2.45, 2.75) is 111 Å². The van der Waals surface area contributed by atoms with Crippen molar-refractivity contribution < 1.29 is 13.3 Å². The van der Waals surface area contributed by atoms with E-state index in [1.165, 1.54) is 31.1 Å². The van der Waals surface area contributed by atoms with Crippen LogP contribution < -0.4 is 16.0 Å². The summed E-state index contributed by atoms with van der Waals surface area (Å²) in [5.41, 5.74) is 0.458. The van der Waals surface area contributed by atoms with E-state index in [-0.39, 0.29) is 0 Å². The van der Waals surface area contributed by atoms with Gasteiger partial charge in [0, 0.05) is 33.4 Å². The highest BCUT2D eigenvalue weighted by Gasteiger charge is 2.33. The number of rotatable bonds is 15. The van der Waals surface area contributed by atoms with Gasteiger partial charge in [-0.05, 0) is 149 Å². The van der Waals surface area contributed by atoms with Crippen molar-refractivity contribution in [1.29, 1.82) is 0 Å². The van der Waals surface area contributed by atoms with E-state index in [4.69, 9.17) is 13.3 Å². The van der Waals surface area contributed by atoms with Crippen molar-refractivity contribution in [1.82, 2.24) is 20.9 Å². The number of nitrogens with one attached hydrogen (secondary N) is 3. The molecule has 7 nitrogen and oxygen atoms in total. The molecular weight excluding hydrogens is 573 g/mol. The summed E-state index contributed by atoms with van der Waals surface area (Å²) in [6, 6.07) is 3.72. The quantitative estimate of drug-likeness (QED) is 0.168. The van der Waals surface area contributed by atoms with Gasteiger partial charge in [0.2, 0.25) is 0 Å². The fraction of sp³-hybridized carbons (Fsp3) is 1.00. The van der Waals surface area contributed by atoms with Crippen LogP contribution in [0.25, 0.3) is 0 Å². The van der Waals surface area contributed by atoms with Gasteiger partial charge in [-0.1, -0.05) is 27.7 Å². The number of hydrogen-bond donors (Lipinski definition) is 3. The first-order valence-electron chi connectivity index (χ1n) is 16.4. The van der Waals surface area contributed by atoms with E-state index in [0.717, 1.165) is 43.3 Å². The predicted octanol–water partition coefficient (Wildman–Crippen LogP) is 6.82. The molecule has 0 aliphatic carbocycles. The van der Waals surface area contributed by atoms with Crippen LogP contribution in [0.2, 0.25) is 57.4 Å². The lowest BCUT2D eigenvalue weighted by Gasteiger charge is -2.26. The Labute approximate surface area is 268 Å². The minimum absolute atomic E-state index is 0.458. The molecule has 0 aromatic carbocycles. The first-order valence-corrected chi connectivity index (χ1v) is 25.7. The zero-order chi connectivity index (χ0) is 33.8. The Kier molecular flexibility index (Phi) is 26.4. The molecule has 258 valence electrons. The first kappa shape index (κ1) is 46.8. The van der Waals surface area contributed by atoms with Crippen LogP contribution in [-0.2, 0) is 13.3 Å². The Balaban J connectivity index is -0.000000484. The third-order valence-electron chi connectivity index (χ3n) is 8.30. The Morgan fingerprint density at radius 3 is 1.05 bits per heavy atom. The second kappa shape index (κ2) is 23.7. The van der Waals surface area contributed by atoms with Crippen LogP contribution in [-0.4, -0.2) is 111 Å². The molecule has 0 spiro atoms. The summed E-state index contributed by atoms with van der Waals surface area (Å²) in [6.07, 6.45) is 1.35. The Morgan fingerprint density at radius 2 is 0.929 bits per heavy atom. The molecule has 1 saturated heterocycles. The standard InChI is InChI=1S/3C8H21NOSi.C8H17N/c3*1-8(6-9-2)7-11(4,5)10-3;1-7-5-8(2,3)9(4)6-7/h3*8-9H,6-7H2,1-5H3;7H,5-6H2,1-4H3. The molecule has 0 bridgehead atoms. The summed E-state index contributed by atoms with van der Waals surface area (Å²) in [5.74, 6) is 3.11. The molecular formula is C32H80N4O3Si3. The highest BCUT2D eigenvalue weighted by molar-refractivity contribution is 6.71. The summed E-state index contributed by atoms with van der Waals surface area (Å²) in [4.78, 5) is 2.44. The average Bonchev–Trinajstić information content (AvgIpc) is 3.08. The maximum Gasteiger partial charge on any atom is 0.186 e.